The van der Waals surface area contributed by atoms with Gasteiger partial charge in [0.1, 0.15) is 5.00 Å². The van der Waals surface area contributed by atoms with Gasteiger partial charge in [-0.3, -0.25) is 4.79 Å². The van der Waals surface area contributed by atoms with Gasteiger partial charge in [0.2, 0.25) is 5.91 Å². The molecular weight excluding hydrogens is 378 g/mol. The van der Waals surface area contributed by atoms with Gasteiger partial charge in [-0.25, -0.2) is 4.79 Å². The lowest BCUT2D eigenvalue weighted by Crippen LogP contribution is -2.17. The average Bonchev–Trinajstić information content (AvgIpc) is 2.98. The number of fused-ring (bicyclic) bond motifs is 1. The summed E-state index contributed by atoms with van der Waals surface area (Å²) in [5, 5.41) is 3.60. The fourth-order valence-corrected chi connectivity index (χ4v) is 5.32. The number of thioether (sulfide) groups is 1. The number of carbonyl (C=O) groups is 2. The number of esters is 1. The van der Waals surface area contributed by atoms with Crippen molar-refractivity contribution >= 4 is 40.0 Å². The second kappa shape index (κ2) is 8.93. The predicted molar refractivity (Wildman–Crippen MR) is 112 cm³/mol. The monoisotopic (exact) mass is 403 g/mol. The molecule has 1 aliphatic rings. The van der Waals surface area contributed by atoms with Gasteiger partial charge in [-0.1, -0.05) is 24.6 Å². The Morgan fingerprint density at radius 3 is 2.74 bits per heavy atom. The van der Waals surface area contributed by atoms with Crippen LogP contribution in [0.4, 0.5) is 5.00 Å². The first kappa shape index (κ1) is 20.0. The van der Waals surface area contributed by atoms with Gasteiger partial charge in [0.05, 0.1) is 17.9 Å². The average molecular weight is 404 g/mol. The summed E-state index contributed by atoms with van der Waals surface area (Å²) in [6.07, 6.45) is 2.89. The standard InChI is InChI=1S/C21H25NO3S2/c1-4-25-21(24)19-16-10-7-14(3)11-17(16)27-20(19)22-18(23)12-26-15-8-5-13(2)6-9-15/h5-6,8-9,14H,4,7,10-12H2,1-3H3,(H,22,23)/t14-/m1/s1. The van der Waals surface area contributed by atoms with Gasteiger partial charge in [-0.05, 0) is 56.7 Å². The summed E-state index contributed by atoms with van der Waals surface area (Å²) in [5.74, 6) is 0.486. The molecule has 1 N–H and O–H groups in total. The van der Waals surface area contributed by atoms with Crippen LogP contribution in [0.25, 0.3) is 0 Å². The Hall–Kier alpha value is -1.79. The van der Waals surface area contributed by atoms with Crippen molar-refractivity contribution in [3.8, 4) is 0 Å². The zero-order valence-corrected chi connectivity index (χ0v) is 17.6. The largest absolute Gasteiger partial charge is 0.462 e. The van der Waals surface area contributed by atoms with Crippen molar-refractivity contribution in [3.63, 3.8) is 0 Å². The molecule has 27 heavy (non-hydrogen) atoms. The fourth-order valence-electron chi connectivity index (χ4n) is 3.20. The Kier molecular flexibility index (Phi) is 6.60. The van der Waals surface area contributed by atoms with Crippen molar-refractivity contribution in [2.24, 2.45) is 5.92 Å². The molecule has 6 heteroatoms. The van der Waals surface area contributed by atoms with Crippen molar-refractivity contribution in [3.05, 3.63) is 45.8 Å². The number of thiophene rings is 1. The van der Waals surface area contributed by atoms with Crippen LogP contribution in [0.5, 0.6) is 0 Å². The molecule has 2 aromatic rings. The number of rotatable bonds is 6. The maximum atomic E-state index is 12.5. The minimum atomic E-state index is -0.328. The Bertz CT molecular complexity index is 827. The topological polar surface area (TPSA) is 55.4 Å². The van der Waals surface area contributed by atoms with Gasteiger partial charge in [-0.15, -0.1) is 23.1 Å². The summed E-state index contributed by atoms with van der Waals surface area (Å²) in [6, 6.07) is 8.10. The maximum Gasteiger partial charge on any atom is 0.341 e. The van der Waals surface area contributed by atoms with E-state index in [1.54, 1.807) is 6.92 Å². The number of carbonyl (C=O) groups excluding carboxylic acids is 2. The highest BCUT2D eigenvalue weighted by Crippen LogP contribution is 2.40. The van der Waals surface area contributed by atoms with E-state index in [9.17, 15) is 9.59 Å². The fraction of sp³-hybridized carbons (Fsp3) is 0.429. The van der Waals surface area contributed by atoms with Crippen LogP contribution in [0, 0.1) is 12.8 Å². The molecule has 0 spiro atoms. The SMILES string of the molecule is CCOC(=O)c1c(NC(=O)CSc2ccc(C)cc2)sc2c1CC[C@@H](C)C2. The van der Waals surface area contributed by atoms with Crippen LogP contribution in [0.15, 0.2) is 29.2 Å². The lowest BCUT2D eigenvalue weighted by molar-refractivity contribution is -0.113. The molecule has 0 aliphatic heterocycles. The Labute approximate surface area is 168 Å². The second-order valence-electron chi connectivity index (χ2n) is 6.93. The number of aryl methyl sites for hydroxylation is 1. The molecule has 0 unspecified atom stereocenters. The maximum absolute atomic E-state index is 12.5. The van der Waals surface area contributed by atoms with Crippen LogP contribution < -0.4 is 5.32 Å². The van der Waals surface area contributed by atoms with Gasteiger partial charge in [0, 0.05) is 9.77 Å². The van der Waals surface area contributed by atoms with E-state index in [0.717, 1.165) is 29.7 Å². The second-order valence-corrected chi connectivity index (χ2v) is 9.08. The minimum Gasteiger partial charge on any atom is -0.462 e. The van der Waals surface area contributed by atoms with E-state index in [2.05, 4.69) is 12.2 Å². The summed E-state index contributed by atoms with van der Waals surface area (Å²) in [6.45, 7) is 6.40. The van der Waals surface area contributed by atoms with Crippen LogP contribution >= 0.6 is 23.1 Å². The Balaban J connectivity index is 1.73. The van der Waals surface area contributed by atoms with Crippen LogP contribution in [0.3, 0.4) is 0 Å². The van der Waals surface area contributed by atoms with Gasteiger partial charge >= 0.3 is 5.97 Å². The summed E-state index contributed by atoms with van der Waals surface area (Å²) in [4.78, 5) is 27.2. The number of nitrogens with one attached hydrogen (secondary N) is 1. The van der Waals surface area contributed by atoms with Crippen LogP contribution in [-0.2, 0) is 22.4 Å². The smallest absolute Gasteiger partial charge is 0.341 e. The third-order valence-electron chi connectivity index (χ3n) is 4.64. The highest BCUT2D eigenvalue weighted by Gasteiger charge is 2.29. The summed E-state index contributed by atoms with van der Waals surface area (Å²) in [5.41, 5.74) is 2.83. The van der Waals surface area contributed by atoms with Gasteiger partial charge in [0.25, 0.3) is 0 Å². The Morgan fingerprint density at radius 2 is 2.04 bits per heavy atom. The lowest BCUT2D eigenvalue weighted by Gasteiger charge is -2.18. The molecule has 1 heterocycles. The van der Waals surface area contributed by atoms with Crippen molar-refractivity contribution in [1.29, 1.82) is 0 Å². The molecule has 4 nitrogen and oxygen atoms in total. The molecular formula is C21H25NO3S2. The first-order valence-corrected chi connectivity index (χ1v) is 11.1. The normalized spacial score (nSPS) is 15.9. The molecule has 0 fully saturated rings. The first-order chi connectivity index (χ1) is 13.0. The molecule has 3 rings (SSSR count). The van der Waals surface area contributed by atoms with Crippen molar-refractivity contribution < 1.29 is 14.3 Å². The molecule has 1 amide bonds. The molecule has 0 saturated carbocycles. The molecule has 0 saturated heterocycles. The zero-order valence-electron chi connectivity index (χ0n) is 16.0. The van der Waals surface area contributed by atoms with Gasteiger partial charge in [-0.2, -0.15) is 0 Å². The minimum absolute atomic E-state index is 0.0993. The summed E-state index contributed by atoms with van der Waals surface area (Å²) < 4.78 is 5.25. The number of hydrogen-bond donors (Lipinski definition) is 1. The molecule has 144 valence electrons. The van der Waals surface area contributed by atoms with E-state index in [-0.39, 0.29) is 11.9 Å². The molecule has 0 radical (unpaired) electrons. The molecule has 0 bridgehead atoms. The third kappa shape index (κ3) is 4.93. The van der Waals surface area contributed by atoms with Gasteiger partial charge in [0.15, 0.2) is 0 Å². The van der Waals surface area contributed by atoms with E-state index in [1.807, 2.05) is 31.2 Å². The number of ether oxygens (including phenoxy) is 1. The highest BCUT2D eigenvalue weighted by molar-refractivity contribution is 8.00. The van der Waals surface area contributed by atoms with Crippen LogP contribution in [0.1, 0.15) is 46.6 Å². The molecule has 1 aromatic heterocycles. The quantitative estimate of drug-likeness (QED) is 0.539. The molecule has 1 aromatic carbocycles. The van der Waals surface area contributed by atoms with Crippen LogP contribution in [-0.4, -0.2) is 24.2 Å². The van der Waals surface area contributed by atoms with Crippen molar-refractivity contribution in [1.82, 2.24) is 0 Å². The van der Waals surface area contributed by atoms with Crippen LogP contribution in [0.2, 0.25) is 0 Å². The van der Waals surface area contributed by atoms with E-state index >= 15 is 0 Å². The van der Waals surface area contributed by atoms with Crippen molar-refractivity contribution in [2.75, 3.05) is 17.7 Å². The molecule has 1 atom stereocenters. The van der Waals surface area contributed by atoms with E-state index in [4.69, 9.17) is 4.74 Å². The van der Waals surface area contributed by atoms with E-state index in [0.29, 0.717) is 28.8 Å². The predicted octanol–water partition coefficient (Wildman–Crippen LogP) is 5.09. The third-order valence-corrected chi connectivity index (χ3v) is 6.82. The number of amides is 1. The highest BCUT2D eigenvalue weighted by atomic mass is 32.2. The van der Waals surface area contributed by atoms with Gasteiger partial charge < -0.3 is 10.1 Å². The van der Waals surface area contributed by atoms with E-state index < -0.39 is 0 Å². The Morgan fingerprint density at radius 1 is 1.30 bits per heavy atom. The van der Waals surface area contributed by atoms with Crippen molar-refractivity contribution in [2.45, 2.75) is 44.9 Å². The number of hydrogen-bond acceptors (Lipinski definition) is 5. The number of benzene rings is 1. The number of anilines is 1. The summed E-state index contributed by atoms with van der Waals surface area (Å²) >= 11 is 3.02. The first-order valence-electron chi connectivity index (χ1n) is 9.29. The summed E-state index contributed by atoms with van der Waals surface area (Å²) in [7, 11) is 0. The lowest BCUT2D eigenvalue weighted by atomic mass is 9.88. The zero-order chi connectivity index (χ0) is 19.4. The molecule has 1 aliphatic carbocycles. The van der Waals surface area contributed by atoms with E-state index in [1.165, 1.54) is 33.5 Å².